The molecule has 0 radical (unpaired) electrons. The van der Waals surface area contributed by atoms with Gasteiger partial charge in [-0.05, 0) is 0 Å². The Morgan fingerprint density at radius 1 is 1.40 bits per heavy atom. The van der Waals surface area contributed by atoms with E-state index in [1.54, 1.807) is 14.2 Å². The van der Waals surface area contributed by atoms with Crippen LogP contribution >= 0.6 is 11.3 Å². The van der Waals surface area contributed by atoms with Crippen LogP contribution in [0.1, 0.15) is 5.01 Å². The predicted molar refractivity (Wildman–Crippen MR) is 37.2 cm³/mol. The number of hydrogen-bond donors (Lipinski definition) is 0. The fraction of sp³-hybridized carbons (Fsp3) is 0.600. The SMILES string of the molecule is COCc1nnc(OC)s1. The van der Waals surface area contributed by atoms with E-state index in [1.165, 1.54) is 11.3 Å². The zero-order chi connectivity index (χ0) is 7.40. The standard InChI is InChI=1S/C5H8N2O2S/c1-8-3-4-6-7-5(9-2)10-4/h3H2,1-2H3. The molecule has 0 amide bonds. The maximum atomic E-state index is 4.84. The largest absolute Gasteiger partial charge is 0.472 e. The maximum absolute atomic E-state index is 4.84. The normalized spacial score (nSPS) is 9.80. The zero-order valence-electron chi connectivity index (χ0n) is 5.83. The van der Waals surface area contributed by atoms with E-state index in [9.17, 15) is 0 Å². The molecule has 0 aliphatic carbocycles. The molecule has 1 aromatic heterocycles. The molecule has 0 spiro atoms. The van der Waals surface area contributed by atoms with Crippen molar-refractivity contribution in [1.29, 1.82) is 0 Å². The fourth-order valence-electron chi connectivity index (χ4n) is 0.502. The van der Waals surface area contributed by atoms with Gasteiger partial charge in [0.05, 0.1) is 7.11 Å². The number of methoxy groups -OCH3 is 2. The van der Waals surface area contributed by atoms with Crippen molar-refractivity contribution in [3.8, 4) is 5.19 Å². The van der Waals surface area contributed by atoms with Gasteiger partial charge < -0.3 is 9.47 Å². The van der Waals surface area contributed by atoms with E-state index in [0.717, 1.165) is 5.01 Å². The van der Waals surface area contributed by atoms with E-state index < -0.39 is 0 Å². The smallest absolute Gasteiger partial charge is 0.293 e. The van der Waals surface area contributed by atoms with Gasteiger partial charge in [0.2, 0.25) is 0 Å². The van der Waals surface area contributed by atoms with Gasteiger partial charge in [0.25, 0.3) is 5.19 Å². The quantitative estimate of drug-likeness (QED) is 0.652. The molecule has 10 heavy (non-hydrogen) atoms. The van der Waals surface area contributed by atoms with E-state index in [4.69, 9.17) is 9.47 Å². The van der Waals surface area contributed by atoms with Gasteiger partial charge in [-0.15, -0.1) is 5.10 Å². The molecular formula is C5H8N2O2S. The lowest BCUT2D eigenvalue weighted by Gasteiger charge is -1.87. The van der Waals surface area contributed by atoms with Gasteiger partial charge in [-0.1, -0.05) is 16.4 Å². The summed E-state index contributed by atoms with van der Waals surface area (Å²) < 4.78 is 9.67. The molecule has 5 heteroatoms. The third kappa shape index (κ3) is 1.65. The number of rotatable bonds is 3. The monoisotopic (exact) mass is 160 g/mol. The van der Waals surface area contributed by atoms with Crippen molar-refractivity contribution in [3.63, 3.8) is 0 Å². The molecule has 0 aliphatic rings. The molecule has 0 fully saturated rings. The third-order valence-electron chi connectivity index (χ3n) is 0.891. The Morgan fingerprint density at radius 2 is 2.20 bits per heavy atom. The van der Waals surface area contributed by atoms with Gasteiger partial charge in [0.1, 0.15) is 11.6 Å². The molecule has 1 heterocycles. The van der Waals surface area contributed by atoms with Gasteiger partial charge in [-0.3, -0.25) is 0 Å². The van der Waals surface area contributed by atoms with Gasteiger partial charge >= 0.3 is 0 Å². The summed E-state index contributed by atoms with van der Waals surface area (Å²) in [6.07, 6.45) is 0. The fourth-order valence-corrected chi connectivity index (χ4v) is 1.13. The van der Waals surface area contributed by atoms with Crippen molar-refractivity contribution in [1.82, 2.24) is 10.2 Å². The van der Waals surface area contributed by atoms with Crippen molar-refractivity contribution in [3.05, 3.63) is 5.01 Å². The van der Waals surface area contributed by atoms with Crippen LogP contribution in [-0.4, -0.2) is 24.4 Å². The molecule has 0 saturated carbocycles. The summed E-state index contributed by atoms with van der Waals surface area (Å²) in [5.41, 5.74) is 0. The Labute approximate surface area is 62.8 Å². The first kappa shape index (κ1) is 7.43. The molecule has 0 aromatic carbocycles. The molecule has 1 rings (SSSR count). The van der Waals surface area contributed by atoms with Crippen molar-refractivity contribution in [2.24, 2.45) is 0 Å². The topological polar surface area (TPSA) is 44.2 Å². The minimum atomic E-state index is 0.501. The molecule has 0 saturated heterocycles. The number of ether oxygens (including phenoxy) is 2. The van der Waals surface area contributed by atoms with Crippen LogP contribution in [0, 0.1) is 0 Å². The van der Waals surface area contributed by atoms with Crippen molar-refractivity contribution in [2.75, 3.05) is 14.2 Å². The van der Waals surface area contributed by atoms with Gasteiger partial charge in [0.15, 0.2) is 0 Å². The first-order chi connectivity index (χ1) is 4.86. The molecule has 1 aromatic rings. The summed E-state index contributed by atoms with van der Waals surface area (Å²) in [4.78, 5) is 0. The van der Waals surface area contributed by atoms with Crippen molar-refractivity contribution < 1.29 is 9.47 Å². The zero-order valence-corrected chi connectivity index (χ0v) is 6.64. The summed E-state index contributed by atoms with van der Waals surface area (Å²) in [6.45, 7) is 0.501. The highest BCUT2D eigenvalue weighted by molar-refractivity contribution is 7.13. The lowest BCUT2D eigenvalue weighted by Crippen LogP contribution is -1.84. The molecule has 4 nitrogen and oxygen atoms in total. The minimum Gasteiger partial charge on any atom is -0.472 e. The molecule has 0 N–H and O–H groups in total. The van der Waals surface area contributed by atoms with E-state index >= 15 is 0 Å². The van der Waals surface area contributed by atoms with Gasteiger partial charge in [-0.2, -0.15) is 0 Å². The Kier molecular flexibility index (Phi) is 2.58. The highest BCUT2D eigenvalue weighted by Gasteiger charge is 2.01. The molecule has 0 atom stereocenters. The second-order valence-corrected chi connectivity index (χ2v) is 2.62. The highest BCUT2D eigenvalue weighted by Crippen LogP contribution is 2.16. The van der Waals surface area contributed by atoms with Crippen LogP contribution in [0.5, 0.6) is 5.19 Å². The average Bonchev–Trinajstić information content (AvgIpc) is 2.37. The van der Waals surface area contributed by atoms with Crippen LogP contribution < -0.4 is 4.74 Å². The van der Waals surface area contributed by atoms with Crippen molar-refractivity contribution >= 4 is 11.3 Å². The molecule has 0 bridgehead atoms. The Morgan fingerprint density at radius 3 is 2.70 bits per heavy atom. The highest BCUT2D eigenvalue weighted by atomic mass is 32.1. The van der Waals surface area contributed by atoms with Crippen LogP contribution in [0.3, 0.4) is 0 Å². The van der Waals surface area contributed by atoms with Crippen LogP contribution in [0.2, 0.25) is 0 Å². The Balaban J connectivity index is 2.59. The predicted octanol–water partition coefficient (Wildman–Crippen LogP) is 0.693. The van der Waals surface area contributed by atoms with Gasteiger partial charge in [0, 0.05) is 7.11 Å². The summed E-state index contributed by atoms with van der Waals surface area (Å²) in [5, 5.41) is 8.92. The molecule has 56 valence electrons. The minimum absolute atomic E-state index is 0.501. The summed E-state index contributed by atoms with van der Waals surface area (Å²) in [7, 11) is 3.19. The Hall–Kier alpha value is -0.680. The van der Waals surface area contributed by atoms with Crippen LogP contribution in [0.4, 0.5) is 0 Å². The number of hydrogen-bond acceptors (Lipinski definition) is 5. The second-order valence-electron chi connectivity index (χ2n) is 1.60. The van der Waals surface area contributed by atoms with E-state index in [1.807, 2.05) is 0 Å². The summed E-state index contributed by atoms with van der Waals surface area (Å²) in [6, 6.07) is 0. The number of nitrogens with zero attached hydrogens (tertiary/aromatic N) is 2. The van der Waals surface area contributed by atoms with E-state index in [0.29, 0.717) is 11.8 Å². The first-order valence-electron chi connectivity index (χ1n) is 2.72. The van der Waals surface area contributed by atoms with Gasteiger partial charge in [-0.25, -0.2) is 0 Å². The summed E-state index contributed by atoms with van der Waals surface area (Å²) >= 11 is 1.39. The Bertz CT molecular complexity index is 201. The third-order valence-corrected chi connectivity index (χ3v) is 1.75. The average molecular weight is 160 g/mol. The van der Waals surface area contributed by atoms with E-state index in [-0.39, 0.29) is 0 Å². The van der Waals surface area contributed by atoms with Crippen LogP contribution in [-0.2, 0) is 11.3 Å². The lowest BCUT2D eigenvalue weighted by atomic mass is 10.8. The summed E-state index contributed by atoms with van der Waals surface area (Å²) in [5.74, 6) is 0. The van der Waals surface area contributed by atoms with E-state index in [2.05, 4.69) is 10.2 Å². The van der Waals surface area contributed by atoms with Crippen molar-refractivity contribution in [2.45, 2.75) is 6.61 Å². The molecular weight excluding hydrogens is 152 g/mol. The molecule has 0 aliphatic heterocycles. The number of aromatic nitrogens is 2. The van der Waals surface area contributed by atoms with Crippen LogP contribution in [0.15, 0.2) is 0 Å². The first-order valence-corrected chi connectivity index (χ1v) is 3.53. The lowest BCUT2D eigenvalue weighted by molar-refractivity contribution is 0.184. The maximum Gasteiger partial charge on any atom is 0.293 e. The van der Waals surface area contributed by atoms with Crippen LogP contribution in [0.25, 0.3) is 0 Å². The second kappa shape index (κ2) is 3.48. The molecule has 0 unspecified atom stereocenters.